The third-order valence-electron chi connectivity index (χ3n) is 3.85. The largest absolute Gasteiger partial charge is 0.394 e. The van der Waals surface area contributed by atoms with Crippen molar-refractivity contribution in [1.82, 2.24) is 0 Å². The van der Waals surface area contributed by atoms with Crippen LogP contribution in [0.5, 0.6) is 0 Å². The molecule has 4 N–H and O–H groups in total. The molecule has 1 aromatic carbocycles. The van der Waals surface area contributed by atoms with Crippen LogP contribution in [0.2, 0.25) is 0 Å². The fourth-order valence-electron chi connectivity index (χ4n) is 2.35. The summed E-state index contributed by atoms with van der Waals surface area (Å²) in [5, 5.41) is 38.1. The molecule has 1 heterocycles. The van der Waals surface area contributed by atoms with Gasteiger partial charge < -0.3 is 29.9 Å². The third kappa shape index (κ3) is 3.42. The molecule has 21 heavy (non-hydrogen) atoms. The van der Waals surface area contributed by atoms with Crippen molar-refractivity contribution in [3.8, 4) is 0 Å². The second kappa shape index (κ2) is 6.83. The number of benzene rings is 1. The zero-order valence-electron chi connectivity index (χ0n) is 12.1. The maximum atomic E-state index is 10.0. The van der Waals surface area contributed by atoms with Crippen molar-refractivity contribution < 1.29 is 29.9 Å². The minimum absolute atomic E-state index is 0.402. The van der Waals surface area contributed by atoms with Crippen molar-refractivity contribution in [2.45, 2.75) is 44.6 Å². The van der Waals surface area contributed by atoms with Gasteiger partial charge in [-0.15, -0.1) is 0 Å². The molecule has 0 aliphatic carbocycles. The smallest absolute Gasteiger partial charge is 0.184 e. The van der Waals surface area contributed by atoms with E-state index in [1.807, 2.05) is 32.0 Å². The van der Waals surface area contributed by atoms with Crippen LogP contribution in [0.1, 0.15) is 23.0 Å². The number of hydrogen-bond donors (Lipinski definition) is 4. The van der Waals surface area contributed by atoms with Crippen molar-refractivity contribution in [3.63, 3.8) is 0 Å². The van der Waals surface area contributed by atoms with Crippen molar-refractivity contribution in [2.24, 2.45) is 0 Å². The highest BCUT2D eigenvalue weighted by molar-refractivity contribution is 5.30. The van der Waals surface area contributed by atoms with E-state index < -0.39 is 43.9 Å². The Morgan fingerprint density at radius 2 is 1.86 bits per heavy atom. The Morgan fingerprint density at radius 3 is 2.43 bits per heavy atom. The van der Waals surface area contributed by atoms with Gasteiger partial charge in [-0.1, -0.05) is 18.2 Å². The number of hydrogen-bond acceptors (Lipinski definition) is 6. The highest BCUT2D eigenvalue weighted by Gasteiger charge is 2.42. The Morgan fingerprint density at radius 1 is 1.14 bits per heavy atom. The van der Waals surface area contributed by atoms with E-state index in [1.54, 1.807) is 0 Å². The molecule has 2 rings (SSSR count). The van der Waals surface area contributed by atoms with Gasteiger partial charge in [-0.2, -0.15) is 0 Å². The first-order valence-corrected chi connectivity index (χ1v) is 6.93. The Hall–Kier alpha value is -1.02. The predicted octanol–water partition coefficient (Wildman–Crippen LogP) is -0.208. The van der Waals surface area contributed by atoms with E-state index >= 15 is 0 Å². The molecule has 1 saturated heterocycles. The number of rotatable bonds is 4. The van der Waals surface area contributed by atoms with Crippen LogP contribution in [-0.4, -0.2) is 58.1 Å². The lowest BCUT2D eigenvalue weighted by atomic mass is 10.0. The van der Waals surface area contributed by atoms with Crippen LogP contribution in [0.25, 0.3) is 0 Å². The molecule has 6 heteroatoms. The van der Waals surface area contributed by atoms with Crippen molar-refractivity contribution in [3.05, 3.63) is 34.9 Å². The number of aliphatic hydroxyl groups is 4. The summed E-state index contributed by atoms with van der Waals surface area (Å²) in [5.74, 6) is 0. The summed E-state index contributed by atoms with van der Waals surface area (Å²) < 4.78 is 11.1. The van der Waals surface area contributed by atoms with Gasteiger partial charge in [0.05, 0.1) is 13.2 Å². The highest BCUT2D eigenvalue weighted by atomic mass is 16.7. The standard InChI is InChI=1S/C15H22O6/c1-8-3-4-10(5-9(8)2)15-20-12(7-17)13(19)14(21-15)11(18)6-16/h3-5,11-19H,6-7H2,1-2H3/t11-,12+,13-,14?,15?/m1/s1. The topological polar surface area (TPSA) is 99.4 Å². The quantitative estimate of drug-likeness (QED) is 0.614. The second-order valence-corrected chi connectivity index (χ2v) is 5.37. The van der Waals surface area contributed by atoms with Crippen LogP contribution < -0.4 is 0 Å². The van der Waals surface area contributed by atoms with E-state index in [4.69, 9.17) is 14.6 Å². The summed E-state index contributed by atoms with van der Waals surface area (Å²) in [6.07, 6.45) is -5.16. The van der Waals surface area contributed by atoms with Crippen LogP contribution in [-0.2, 0) is 9.47 Å². The molecule has 2 unspecified atom stereocenters. The molecule has 5 atom stereocenters. The summed E-state index contributed by atoms with van der Waals surface area (Å²) in [4.78, 5) is 0. The van der Waals surface area contributed by atoms with Gasteiger partial charge >= 0.3 is 0 Å². The van der Waals surface area contributed by atoms with Crippen molar-refractivity contribution >= 4 is 0 Å². The molecule has 1 fully saturated rings. The van der Waals surface area contributed by atoms with Gasteiger partial charge in [-0.25, -0.2) is 0 Å². The first-order chi connectivity index (χ1) is 9.97. The van der Waals surface area contributed by atoms with Gasteiger partial charge in [-0.05, 0) is 25.0 Å². The molecule has 0 amide bonds. The SMILES string of the molecule is Cc1ccc(C2OC([C@H](O)CO)[C@H](O)[C@H](CO)O2)cc1C. The zero-order chi connectivity index (χ0) is 15.6. The summed E-state index contributed by atoms with van der Waals surface area (Å²) in [6, 6.07) is 5.66. The Bertz CT molecular complexity index is 477. The highest BCUT2D eigenvalue weighted by Crippen LogP contribution is 2.32. The van der Waals surface area contributed by atoms with Gasteiger partial charge in [0.1, 0.15) is 24.4 Å². The fraction of sp³-hybridized carbons (Fsp3) is 0.600. The summed E-state index contributed by atoms with van der Waals surface area (Å²) in [7, 11) is 0. The Balaban J connectivity index is 2.24. The van der Waals surface area contributed by atoms with Gasteiger partial charge in [-0.3, -0.25) is 0 Å². The lowest BCUT2D eigenvalue weighted by Gasteiger charge is -2.40. The van der Waals surface area contributed by atoms with Crippen LogP contribution in [0, 0.1) is 13.8 Å². The van der Waals surface area contributed by atoms with E-state index in [0.717, 1.165) is 16.7 Å². The number of aryl methyl sites for hydroxylation is 2. The van der Waals surface area contributed by atoms with E-state index in [2.05, 4.69) is 0 Å². The first-order valence-electron chi connectivity index (χ1n) is 6.93. The van der Waals surface area contributed by atoms with E-state index in [1.165, 1.54) is 0 Å². The average Bonchev–Trinajstić information content (AvgIpc) is 2.49. The predicted molar refractivity (Wildman–Crippen MR) is 74.6 cm³/mol. The van der Waals surface area contributed by atoms with Gasteiger partial charge in [0.15, 0.2) is 6.29 Å². The average molecular weight is 298 g/mol. The minimum atomic E-state index is -1.24. The molecule has 1 aliphatic rings. The molecule has 0 spiro atoms. The molecule has 0 aromatic heterocycles. The normalized spacial score (nSPS) is 31.1. The summed E-state index contributed by atoms with van der Waals surface area (Å²) in [6.45, 7) is 3.00. The van der Waals surface area contributed by atoms with Crippen LogP contribution in [0.15, 0.2) is 18.2 Å². The van der Waals surface area contributed by atoms with Gasteiger partial charge in [0.25, 0.3) is 0 Å². The van der Waals surface area contributed by atoms with E-state index in [-0.39, 0.29) is 0 Å². The Kier molecular flexibility index (Phi) is 5.32. The molecule has 0 saturated carbocycles. The van der Waals surface area contributed by atoms with E-state index in [9.17, 15) is 15.3 Å². The Labute approximate surface area is 123 Å². The molecule has 6 nitrogen and oxygen atoms in total. The van der Waals surface area contributed by atoms with Gasteiger partial charge in [0.2, 0.25) is 0 Å². The minimum Gasteiger partial charge on any atom is -0.394 e. The molecule has 118 valence electrons. The molecule has 0 radical (unpaired) electrons. The van der Waals surface area contributed by atoms with Crippen molar-refractivity contribution in [1.29, 1.82) is 0 Å². The third-order valence-corrected chi connectivity index (χ3v) is 3.85. The molecule has 1 aliphatic heterocycles. The summed E-state index contributed by atoms with van der Waals surface area (Å²) in [5.41, 5.74) is 2.92. The van der Waals surface area contributed by atoms with Crippen LogP contribution >= 0.6 is 0 Å². The first kappa shape index (κ1) is 16.4. The molecular weight excluding hydrogens is 276 g/mol. The number of aliphatic hydroxyl groups excluding tert-OH is 4. The molecular formula is C15H22O6. The maximum absolute atomic E-state index is 10.0. The fourth-order valence-corrected chi connectivity index (χ4v) is 2.35. The van der Waals surface area contributed by atoms with Crippen molar-refractivity contribution in [2.75, 3.05) is 13.2 Å². The van der Waals surface area contributed by atoms with Crippen LogP contribution in [0.3, 0.4) is 0 Å². The van der Waals surface area contributed by atoms with Gasteiger partial charge in [0, 0.05) is 5.56 Å². The summed E-state index contributed by atoms with van der Waals surface area (Å²) >= 11 is 0. The molecule has 0 bridgehead atoms. The lowest BCUT2D eigenvalue weighted by Crippen LogP contribution is -2.54. The zero-order valence-corrected chi connectivity index (χ0v) is 12.1. The van der Waals surface area contributed by atoms with E-state index in [0.29, 0.717) is 0 Å². The second-order valence-electron chi connectivity index (χ2n) is 5.37. The monoisotopic (exact) mass is 298 g/mol. The maximum Gasteiger partial charge on any atom is 0.184 e. The molecule has 1 aromatic rings. The van der Waals surface area contributed by atoms with Crippen LogP contribution in [0.4, 0.5) is 0 Å². The number of ether oxygens (including phenoxy) is 2. The lowest BCUT2D eigenvalue weighted by molar-refractivity contribution is -0.310.